The Morgan fingerprint density at radius 2 is 2.24 bits per heavy atom. The molecule has 1 unspecified atom stereocenters. The van der Waals surface area contributed by atoms with Gasteiger partial charge >= 0.3 is 0 Å². The maximum absolute atomic E-state index is 5.84. The van der Waals surface area contributed by atoms with Crippen molar-refractivity contribution in [2.75, 3.05) is 26.7 Å². The van der Waals surface area contributed by atoms with Crippen molar-refractivity contribution in [3.05, 3.63) is 57.6 Å². The van der Waals surface area contributed by atoms with Crippen LogP contribution in [0.1, 0.15) is 34.0 Å². The smallest absolute Gasteiger partial charge is 0.250 e. The molecule has 1 aromatic carbocycles. The van der Waals surface area contributed by atoms with E-state index >= 15 is 0 Å². The highest BCUT2D eigenvalue weighted by atomic mass is 35.5. The molecule has 1 aliphatic rings. The maximum atomic E-state index is 5.84. The van der Waals surface area contributed by atoms with Crippen molar-refractivity contribution in [2.24, 2.45) is 0 Å². The molecule has 3 aromatic rings. The number of hydrogen-bond acceptors (Lipinski definition) is 8. The summed E-state index contributed by atoms with van der Waals surface area (Å²) in [6.07, 6.45) is 3.77. The number of nitrogens with zero attached hydrogens (tertiary/aromatic N) is 4. The number of rotatable bonds is 6. The number of halogens is 1. The van der Waals surface area contributed by atoms with Crippen LogP contribution < -0.4 is 10.1 Å². The quantitative estimate of drug-likeness (QED) is 0.636. The number of hydrogen-bond donors (Lipinski definition) is 1. The summed E-state index contributed by atoms with van der Waals surface area (Å²) in [6.45, 7) is 5.24. The molecule has 1 atom stereocenters. The maximum Gasteiger partial charge on any atom is 0.250 e. The lowest BCUT2D eigenvalue weighted by atomic mass is 10.2. The van der Waals surface area contributed by atoms with Crippen LogP contribution in [0.5, 0.6) is 5.75 Å². The van der Waals surface area contributed by atoms with Gasteiger partial charge in [0.1, 0.15) is 12.4 Å². The van der Waals surface area contributed by atoms with Crippen LogP contribution in [0.4, 0.5) is 0 Å². The third kappa shape index (κ3) is 5.63. The molecule has 9 heteroatoms. The number of ether oxygens (including phenoxy) is 1. The fourth-order valence-electron chi connectivity index (χ4n) is 3.05. The van der Waals surface area contributed by atoms with Crippen molar-refractivity contribution in [1.29, 1.82) is 0 Å². The van der Waals surface area contributed by atoms with Gasteiger partial charge in [0.05, 0.1) is 16.7 Å². The Morgan fingerprint density at radius 3 is 3.03 bits per heavy atom. The van der Waals surface area contributed by atoms with Gasteiger partial charge in [0, 0.05) is 31.1 Å². The molecule has 2 aromatic heterocycles. The van der Waals surface area contributed by atoms with Gasteiger partial charge in [-0.15, -0.1) is 23.7 Å². The molecule has 0 radical (unpaired) electrons. The standard InChI is InChI=1S/C20H23N5O2S.ClH/c1-14-22-16(13-28-14)12-26-17-5-3-4-15(10-17)6-7-19-23-20(24-27-19)18-11-21-8-9-25(18)2;/h3-7,10,13,18,21H,8-9,11-12H2,1-2H3;1H/b7-6+;. The molecule has 4 rings (SSSR count). The number of likely N-dealkylation sites (N-methyl/N-ethyl adjacent to an activating group) is 1. The number of aryl methyl sites for hydroxylation is 1. The number of aromatic nitrogens is 3. The van der Waals surface area contributed by atoms with E-state index in [0.717, 1.165) is 41.6 Å². The molecule has 0 bridgehead atoms. The van der Waals surface area contributed by atoms with Crippen molar-refractivity contribution < 1.29 is 9.26 Å². The molecule has 0 spiro atoms. The second-order valence-corrected chi connectivity index (χ2v) is 7.81. The molecule has 3 heterocycles. The highest BCUT2D eigenvalue weighted by Gasteiger charge is 2.24. The van der Waals surface area contributed by atoms with E-state index in [0.29, 0.717) is 18.3 Å². The Morgan fingerprint density at radius 1 is 1.34 bits per heavy atom. The summed E-state index contributed by atoms with van der Waals surface area (Å²) >= 11 is 1.63. The average Bonchev–Trinajstić information content (AvgIpc) is 3.34. The summed E-state index contributed by atoms with van der Waals surface area (Å²) in [5, 5.41) is 10.6. The average molecular weight is 434 g/mol. The predicted molar refractivity (Wildman–Crippen MR) is 116 cm³/mol. The topological polar surface area (TPSA) is 76.3 Å². The molecule has 1 N–H and O–H groups in total. The first-order valence-electron chi connectivity index (χ1n) is 9.24. The van der Waals surface area contributed by atoms with E-state index in [1.807, 2.05) is 48.7 Å². The van der Waals surface area contributed by atoms with Crippen LogP contribution in [0.25, 0.3) is 12.2 Å². The number of benzene rings is 1. The number of thiazole rings is 1. The van der Waals surface area contributed by atoms with E-state index in [9.17, 15) is 0 Å². The monoisotopic (exact) mass is 433 g/mol. The molecule has 1 fully saturated rings. The second kappa shape index (κ2) is 9.98. The van der Waals surface area contributed by atoms with Gasteiger partial charge in [-0.3, -0.25) is 4.90 Å². The van der Waals surface area contributed by atoms with Crippen LogP contribution in [-0.2, 0) is 6.61 Å². The van der Waals surface area contributed by atoms with Crippen LogP contribution in [0.15, 0.2) is 34.2 Å². The molecule has 154 valence electrons. The minimum atomic E-state index is 0. The molecule has 7 nitrogen and oxygen atoms in total. The lowest BCUT2D eigenvalue weighted by Gasteiger charge is -2.30. The van der Waals surface area contributed by atoms with Crippen LogP contribution in [0.3, 0.4) is 0 Å². The van der Waals surface area contributed by atoms with Crippen molar-refractivity contribution in [3.63, 3.8) is 0 Å². The van der Waals surface area contributed by atoms with Gasteiger partial charge in [-0.1, -0.05) is 17.3 Å². The molecular weight excluding hydrogens is 410 g/mol. The van der Waals surface area contributed by atoms with Crippen molar-refractivity contribution >= 4 is 35.9 Å². The van der Waals surface area contributed by atoms with Gasteiger partial charge < -0.3 is 14.6 Å². The first kappa shape index (κ1) is 21.4. The first-order chi connectivity index (χ1) is 13.7. The van der Waals surface area contributed by atoms with Crippen LogP contribution in [-0.4, -0.2) is 46.7 Å². The van der Waals surface area contributed by atoms with Crippen molar-refractivity contribution in [1.82, 2.24) is 25.3 Å². The Bertz CT molecular complexity index is 958. The second-order valence-electron chi connectivity index (χ2n) is 6.74. The SMILES string of the molecule is Cc1nc(COc2cccc(/C=C/c3nc(C4CNCCN4C)no3)c2)cs1.Cl. The van der Waals surface area contributed by atoms with Gasteiger partial charge in [0.15, 0.2) is 5.82 Å². The minimum Gasteiger partial charge on any atom is -0.487 e. The van der Waals surface area contributed by atoms with E-state index < -0.39 is 0 Å². The molecule has 0 aliphatic carbocycles. The van der Waals surface area contributed by atoms with E-state index in [2.05, 4.69) is 32.4 Å². The Hall–Kier alpha value is -2.26. The van der Waals surface area contributed by atoms with E-state index in [4.69, 9.17) is 9.26 Å². The fraction of sp³-hybridized carbons (Fsp3) is 0.350. The van der Waals surface area contributed by atoms with Gasteiger partial charge in [-0.2, -0.15) is 4.98 Å². The number of nitrogens with one attached hydrogen (secondary N) is 1. The third-order valence-electron chi connectivity index (χ3n) is 4.60. The zero-order chi connectivity index (χ0) is 19.3. The summed E-state index contributed by atoms with van der Waals surface area (Å²) in [5.41, 5.74) is 1.95. The van der Waals surface area contributed by atoms with E-state index in [1.54, 1.807) is 11.3 Å². The summed E-state index contributed by atoms with van der Waals surface area (Å²) in [5.74, 6) is 2.01. The molecule has 0 saturated carbocycles. The summed E-state index contributed by atoms with van der Waals surface area (Å²) in [7, 11) is 2.08. The lowest BCUT2D eigenvalue weighted by molar-refractivity contribution is 0.190. The van der Waals surface area contributed by atoms with Crippen LogP contribution in [0, 0.1) is 6.92 Å². The Labute approximate surface area is 180 Å². The third-order valence-corrected chi connectivity index (χ3v) is 5.42. The predicted octanol–water partition coefficient (Wildman–Crippen LogP) is 3.58. The Kier molecular flexibility index (Phi) is 7.38. The van der Waals surface area contributed by atoms with Crippen LogP contribution >= 0.6 is 23.7 Å². The van der Waals surface area contributed by atoms with Crippen molar-refractivity contribution in [2.45, 2.75) is 19.6 Å². The zero-order valence-electron chi connectivity index (χ0n) is 16.4. The summed E-state index contributed by atoms with van der Waals surface area (Å²) in [4.78, 5) is 11.2. The molecule has 1 aliphatic heterocycles. The fourth-order valence-corrected chi connectivity index (χ4v) is 3.65. The van der Waals surface area contributed by atoms with Gasteiger partial charge in [0.2, 0.25) is 0 Å². The number of piperazine rings is 1. The zero-order valence-corrected chi connectivity index (χ0v) is 18.0. The Balaban J connectivity index is 0.00000240. The highest BCUT2D eigenvalue weighted by molar-refractivity contribution is 7.09. The highest BCUT2D eigenvalue weighted by Crippen LogP contribution is 2.20. The largest absolute Gasteiger partial charge is 0.487 e. The molecular formula is C20H24ClN5O2S. The minimum absolute atomic E-state index is 0. The summed E-state index contributed by atoms with van der Waals surface area (Å²) in [6, 6.07) is 8.03. The van der Waals surface area contributed by atoms with Crippen molar-refractivity contribution in [3.8, 4) is 5.75 Å². The van der Waals surface area contributed by atoms with Gasteiger partial charge in [0.25, 0.3) is 5.89 Å². The molecule has 29 heavy (non-hydrogen) atoms. The van der Waals surface area contributed by atoms with E-state index in [-0.39, 0.29) is 18.4 Å². The molecule has 1 saturated heterocycles. The van der Waals surface area contributed by atoms with Gasteiger partial charge in [-0.25, -0.2) is 4.98 Å². The van der Waals surface area contributed by atoms with Crippen LogP contribution in [0.2, 0.25) is 0 Å². The summed E-state index contributed by atoms with van der Waals surface area (Å²) < 4.78 is 11.2. The van der Waals surface area contributed by atoms with E-state index in [1.165, 1.54) is 0 Å². The molecule has 0 amide bonds. The first-order valence-corrected chi connectivity index (χ1v) is 10.1. The lowest BCUT2D eigenvalue weighted by Crippen LogP contribution is -2.44. The van der Waals surface area contributed by atoms with Gasteiger partial charge in [-0.05, 0) is 37.7 Å². The normalized spacial score (nSPS) is 17.4.